The number of H-pyrrole nitrogens is 1. The van der Waals surface area contributed by atoms with Crippen LogP contribution in [0.5, 0.6) is 0 Å². The van der Waals surface area contributed by atoms with E-state index in [0.717, 1.165) is 31.8 Å². The Bertz CT molecular complexity index is 665. The monoisotopic (exact) mass is 331 g/mol. The van der Waals surface area contributed by atoms with Crippen LogP contribution in [0.2, 0.25) is 0 Å². The van der Waals surface area contributed by atoms with E-state index < -0.39 is 0 Å². The van der Waals surface area contributed by atoms with E-state index in [2.05, 4.69) is 20.6 Å². The topological polar surface area (TPSA) is 90.1 Å². The van der Waals surface area contributed by atoms with Gasteiger partial charge in [-0.2, -0.15) is 0 Å². The third-order valence-corrected chi connectivity index (χ3v) is 5.68. The zero-order valence-corrected chi connectivity index (χ0v) is 13.9. The Kier molecular flexibility index (Phi) is 3.94. The van der Waals surface area contributed by atoms with Crippen molar-refractivity contribution in [2.45, 2.75) is 44.6 Å². The molecule has 130 valence electrons. The summed E-state index contributed by atoms with van der Waals surface area (Å²) in [5.41, 5.74) is 0.236. The van der Waals surface area contributed by atoms with Gasteiger partial charge in [-0.25, -0.2) is 9.78 Å². The lowest BCUT2D eigenvalue weighted by molar-refractivity contribution is 0.231. The van der Waals surface area contributed by atoms with Crippen LogP contribution in [0.25, 0.3) is 0 Å². The summed E-state index contributed by atoms with van der Waals surface area (Å²) in [6.07, 6.45) is 10.2. The molecule has 7 nitrogen and oxygen atoms in total. The second-order valence-corrected chi connectivity index (χ2v) is 7.49. The lowest BCUT2D eigenvalue weighted by atomic mass is 10.0. The molecule has 1 aliphatic heterocycles. The highest BCUT2D eigenvalue weighted by Crippen LogP contribution is 2.60. The van der Waals surface area contributed by atoms with Gasteiger partial charge in [-0.15, -0.1) is 0 Å². The second-order valence-electron chi connectivity index (χ2n) is 7.49. The number of rotatable bonds is 5. The number of aromatic amines is 1. The van der Waals surface area contributed by atoms with Crippen LogP contribution in [0.15, 0.2) is 17.2 Å². The first-order valence-electron chi connectivity index (χ1n) is 8.99. The van der Waals surface area contributed by atoms with Crippen molar-refractivity contribution in [2.75, 3.05) is 24.5 Å². The fourth-order valence-corrected chi connectivity index (χ4v) is 3.93. The maximum absolute atomic E-state index is 12.2. The minimum absolute atomic E-state index is 0.0521. The van der Waals surface area contributed by atoms with Gasteiger partial charge in [0.25, 0.3) is 5.56 Å². The summed E-state index contributed by atoms with van der Waals surface area (Å²) in [5, 5.41) is 6.13. The van der Waals surface area contributed by atoms with Crippen molar-refractivity contribution in [1.82, 2.24) is 20.6 Å². The number of aromatic nitrogens is 2. The van der Waals surface area contributed by atoms with E-state index >= 15 is 0 Å². The molecule has 2 saturated carbocycles. The van der Waals surface area contributed by atoms with Crippen molar-refractivity contribution in [3.05, 3.63) is 22.7 Å². The lowest BCUT2D eigenvalue weighted by Crippen LogP contribution is -2.52. The molecule has 4 rings (SSSR count). The van der Waals surface area contributed by atoms with Crippen molar-refractivity contribution in [2.24, 2.45) is 11.3 Å². The highest BCUT2D eigenvalue weighted by molar-refractivity contribution is 5.74. The van der Waals surface area contributed by atoms with Crippen molar-refractivity contribution >= 4 is 11.8 Å². The number of urea groups is 1. The molecule has 0 aromatic carbocycles. The standard InChI is InChI=1S/C17H25N5O2/c23-15-14(18-7-8-19-15)22-9-1-2-13(10-22)21-16(24)20-11-17(5-6-17)12-3-4-12/h7-8,12-13H,1-6,9-11H2,(H,19,23)(H2,20,21,24). The summed E-state index contributed by atoms with van der Waals surface area (Å²) < 4.78 is 0. The molecule has 24 heavy (non-hydrogen) atoms. The summed E-state index contributed by atoms with van der Waals surface area (Å²) in [7, 11) is 0. The fraction of sp³-hybridized carbons (Fsp3) is 0.706. The summed E-state index contributed by atoms with van der Waals surface area (Å²) in [6.45, 7) is 2.23. The number of hydrogen-bond donors (Lipinski definition) is 3. The van der Waals surface area contributed by atoms with Crippen molar-refractivity contribution < 1.29 is 4.79 Å². The molecule has 1 saturated heterocycles. The average molecular weight is 331 g/mol. The zero-order valence-electron chi connectivity index (χ0n) is 13.9. The normalized spacial score (nSPS) is 25.2. The van der Waals surface area contributed by atoms with Gasteiger partial charge >= 0.3 is 6.03 Å². The van der Waals surface area contributed by atoms with Crippen LogP contribution in [0.4, 0.5) is 10.6 Å². The Morgan fingerprint density at radius 3 is 2.92 bits per heavy atom. The lowest BCUT2D eigenvalue weighted by Gasteiger charge is -2.33. The smallest absolute Gasteiger partial charge is 0.315 e. The van der Waals surface area contributed by atoms with Gasteiger partial charge in [0.15, 0.2) is 5.82 Å². The highest BCUT2D eigenvalue weighted by atomic mass is 16.2. The summed E-state index contributed by atoms with van der Waals surface area (Å²) in [5.74, 6) is 1.29. The van der Waals surface area contributed by atoms with E-state index in [9.17, 15) is 9.59 Å². The molecule has 1 atom stereocenters. The molecule has 0 spiro atoms. The highest BCUT2D eigenvalue weighted by Gasteiger charge is 2.53. The van der Waals surface area contributed by atoms with E-state index in [1.807, 2.05) is 4.90 Å². The molecule has 2 amide bonds. The Hall–Kier alpha value is -2.05. The van der Waals surface area contributed by atoms with Crippen LogP contribution >= 0.6 is 0 Å². The van der Waals surface area contributed by atoms with Crippen molar-refractivity contribution in [3.8, 4) is 0 Å². The predicted molar refractivity (Wildman–Crippen MR) is 91.0 cm³/mol. The molecular formula is C17H25N5O2. The van der Waals surface area contributed by atoms with Crippen molar-refractivity contribution in [1.29, 1.82) is 0 Å². The molecule has 3 N–H and O–H groups in total. The van der Waals surface area contributed by atoms with Crippen LogP contribution < -0.4 is 21.1 Å². The zero-order chi connectivity index (χ0) is 16.6. The molecular weight excluding hydrogens is 306 g/mol. The molecule has 1 aromatic heterocycles. The quantitative estimate of drug-likeness (QED) is 0.757. The first-order valence-corrected chi connectivity index (χ1v) is 8.99. The Balaban J connectivity index is 1.29. The number of carbonyl (C=O) groups is 1. The Labute approximate surface area is 141 Å². The molecule has 3 aliphatic rings. The first-order chi connectivity index (χ1) is 11.7. The third kappa shape index (κ3) is 3.25. The largest absolute Gasteiger partial charge is 0.350 e. The molecule has 3 fully saturated rings. The van der Waals surface area contributed by atoms with E-state index in [4.69, 9.17) is 0 Å². The minimum atomic E-state index is -0.178. The molecule has 1 unspecified atom stereocenters. The van der Waals surface area contributed by atoms with Gasteiger partial charge in [0.05, 0.1) is 0 Å². The summed E-state index contributed by atoms with van der Waals surface area (Å²) in [4.78, 5) is 32.9. The molecule has 7 heteroatoms. The first kappa shape index (κ1) is 15.5. The number of hydrogen-bond acceptors (Lipinski definition) is 4. The number of piperidine rings is 1. The number of anilines is 1. The Morgan fingerprint density at radius 1 is 1.38 bits per heavy atom. The number of carbonyl (C=O) groups excluding carboxylic acids is 1. The number of nitrogens with zero attached hydrogens (tertiary/aromatic N) is 2. The van der Waals surface area contributed by atoms with Crippen LogP contribution in [0.1, 0.15) is 38.5 Å². The maximum atomic E-state index is 12.2. The van der Waals surface area contributed by atoms with Gasteiger partial charge in [0.2, 0.25) is 0 Å². The summed E-state index contributed by atoms with van der Waals surface area (Å²) in [6, 6.07) is -0.0278. The maximum Gasteiger partial charge on any atom is 0.315 e. The molecule has 0 radical (unpaired) electrons. The predicted octanol–water partition coefficient (Wildman–Crippen LogP) is 1.23. The van der Waals surface area contributed by atoms with Gasteiger partial charge in [-0.05, 0) is 49.9 Å². The van der Waals surface area contributed by atoms with Gasteiger partial charge in [0.1, 0.15) is 0 Å². The van der Waals surface area contributed by atoms with Crippen LogP contribution in [0.3, 0.4) is 0 Å². The van der Waals surface area contributed by atoms with Gasteiger partial charge in [-0.3, -0.25) is 4.79 Å². The van der Waals surface area contributed by atoms with E-state index in [0.29, 0.717) is 17.8 Å². The second kappa shape index (κ2) is 6.11. The molecule has 2 aliphatic carbocycles. The average Bonchev–Trinajstić information content (AvgIpc) is 3.47. The summed E-state index contributed by atoms with van der Waals surface area (Å²) >= 11 is 0. The van der Waals surface area contributed by atoms with Crippen LogP contribution in [-0.4, -0.2) is 41.7 Å². The van der Waals surface area contributed by atoms with Crippen molar-refractivity contribution in [3.63, 3.8) is 0 Å². The number of amides is 2. The van der Waals surface area contributed by atoms with E-state index in [1.54, 1.807) is 6.20 Å². The van der Waals surface area contributed by atoms with E-state index in [1.165, 1.54) is 31.9 Å². The van der Waals surface area contributed by atoms with Gasteiger partial charge < -0.3 is 20.5 Å². The minimum Gasteiger partial charge on any atom is -0.350 e. The molecule has 2 heterocycles. The van der Waals surface area contributed by atoms with Gasteiger partial charge in [0, 0.05) is 38.1 Å². The van der Waals surface area contributed by atoms with E-state index in [-0.39, 0.29) is 17.6 Å². The molecule has 1 aromatic rings. The SMILES string of the molecule is O=C(NCC1(C2CC2)CC1)NC1CCCN(c2ncc[nH]c2=O)C1. The molecule has 0 bridgehead atoms. The van der Waals surface area contributed by atoms with Crippen LogP contribution in [0, 0.1) is 11.3 Å². The van der Waals surface area contributed by atoms with Crippen LogP contribution in [-0.2, 0) is 0 Å². The third-order valence-electron chi connectivity index (χ3n) is 5.68. The fourth-order valence-electron chi connectivity index (χ4n) is 3.93. The Morgan fingerprint density at radius 2 is 2.21 bits per heavy atom. The number of nitrogens with one attached hydrogen (secondary N) is 3. The van der Waals surface area contributed by atoms with Gasteiger partial charge in [-0.1, -0.05) is 0 Å².